The summed E-state index contributed by atoms with van der Waals surface area (Å²) >= 11 is 0. The van der Waals surface area contributed by atoms with E-state index in [1.165, 1.54) is 0 Å². The highest BCUT2D eigenvalue weighted by atomic mass is 16.5. The van der Waals surface area contributed by atoms with Crippen molar-refractivity contribution in [2.75, 3.05) is 26.2 Å². The first-order chi connectivity index (χ1) is 12.8. The van der Waals surface area contributed by atoms with Gasteiger partial charge in [-0.05, 0) is 56.8 Å². The molecule has 2 unspecified atom stereocenters. The lowest BCUT2D eigenvalue weighted by Gasteiger charge is -2.32. The Morgan fingerprint density at radius 1 is 1.38 bits per heavy atom. The van der Waals surface area contributed by atoms with E-state index in [1.807, 2.05) is 6.07 Å². The van der Waals surface area contributed by atoms with Crippen LogP contribution in [0.4, 0.5) is 0 Å². The van der Waals surface area contributed by atoms with E-state index in [1.54, 1.807) is 12.3 Å². The van der Waals surface area contributed by atoms with Gasteiger partial charge in [0.25, 0.3) is 0 Å². The zero-order valence-corrected chi connectivity index (χ0v) is 14.8. The Labute approximate surface area is 152 Å². The van der Waals surface area contributed by atoms with Gasteiger partial charge in [0.2, 0.25) is 17.6 Å². The highest BCUT2D eigenvalue weighted by Crippen LogP contribution is 2.20. The number of carbonyl (C=O) groups excluding carboxylic acids is 1. The fourth-order valence-electron chi connectivity index (χ4n) is 3.75. The summed E-state index contributed by atoms with van der Waals surface area (Å²) in [6.07, 6.45) is 5.87. The van der Waals surface area contributed by atoms with Gasteiger partial charge in [0.15, 0.2) is 5.76 Å². The van der Waals surface area contributed by atoms with Crippen LogP contribution in [-0.2, 0) is 11.3 Å². The predicted molar refractivity (Wildman–Crippen MR) is 94.0 cm³/mol. The lowest BCUT2D eigenvalue weighted by molar-refractivity contribution is -0.123. The molecular formula is C18H25N5O3. The summed E-state index contributed by atoms with van der Waals surface area (Å²) in [6, 6.07) is 3.61. The number of likely N-dealkylation sites (tertiary alicyclic amines) is 1. The van der Waals surface area contributed by atoms with Crippen LogP contribution in [0.3, 0.4) is 0 Å². The highest BCUT2D eigenvalue weighted by Gasteiger charge is 2.25. The van der Waals surface area contributed by atoms with Gasteiger partial charge < -0.3 is 19.6 Å². The molecule has 0 saturated carbocycles. The molecule has 26 heavy (non-hydrogen) atoms. The van der Waals surface area contributed by atoms with E-state index in [4.69, 9.17) is 8.94 Å². The minimum atomic E-state index is -0.00638. The molecule has 2 aliphatic heterocycles. The monoisotopic (exact) mass is 359 g/mol. The molecule has 4 rings (SSSR count). The average Bonchev–Trinajstić information content (AvgIpc) is 3.41. The number of aromatic nitrogens is 2. The first kappa shape index (κ1) is 17.2. The van der Waals surface area contributed by atoms with Gasteiger partial charge >= 0.3 is 0 Å². The molecule has 2 N–H and O–H groups in total. The lowest BCUT2D eigenvalue weighted by atomic mass is 9.98. The van der Waals surface area contributed by atoms with E-state index >= 15 is 0 Å². The number of furan rings is 1. The molecular weight excluding hydrogens is 334 g/mol. The Bertz CT molecular complexity index is 708. The van der Waals surface area contributed by atoms with E-state index in [2.05, 4.69) is 25.7 Å². The number of piperidine rings is 1. The Kier molecular flexibility index (Phi) is 5.31. The fourth-order valence-corrected chi connectivity index (χ4v) is 3.75. The van der Waals surface area contributed by atoms with Crippen LogP contribution >= 0.6 is 0 Å². The van der Waals surface area contributed by atoms with Crippen LogP contribution < -0.4 is 10.6 Å². The van der Waals surface area contributed by atoms with Gasteiger partial charge in [-0.25, -0.2) is 0 Å². The maximum absolute atomic E-state index is 12.1. The Hall–Kier alpha value is -2.19. The van der Waals surface area contributed by atoms with Crippen molar-refractivity contribution in [2.45, 2.75) is 38.3 Å². The second-order valence-electron chi connectivity index (χ2n) is 7.13. The molecule has 2 aromatic heterocycles. The lowest BCUT2D eigenvalue weighted by Crippen LogP contribution is -2.45. The van der Waals surface area contributed by atoms with Gasteiger partial charge in [-0.15, -0.1) is 0 Å². The number of hydrogen-bond acceptors (Lipinski definition) is 7. The minimum absolute atomic E-state index is 0.00638. The molecule has 4 heterocycles. The smallest absolute Gasteiger partial charge is 0.241 e. The van der Waals surface area contributed by atoms with Gasteiger partial charge in [0, 0.05) is 13.1 Å². The Balaban J connectivity index is 1.26. The molecule has 8 nitrogen and oxygen atoms in total. The van der Waals surface area contributed by atoms with Gasteiger partial charge in [-0.1, -0.05) is 5.16 Å². The molecule has 0 bridgehead atoms. The standard InChI is InChI=1S/C18H25N5O3/c24-18(14-5-1-7-19-14)20-10-13-4-2-8-23(11-13)12-16-21-17(22-26-16)15-6-3-9-25-15/h3,6,9,13-14,19H,1-2,4-5,7-8,10-12H2,(H,20,24). The summed E-state index contributed by atoms with van der Waals surface area (Å²) in [5.41, 5.74) is 0. The maximum Gasteiger partial charge on any atom is 0.241 e. The van der Waals surface area contributed by atoms with Crippen molar-refractivity contribution in [3.8, 4) is 11.6 Å². The van der Waals surface area contributed by atoms with Crippen molar-refractivity contribution in [1.29, 1.82) is 0 Å². The van der Waals surface area contributed by atoms with Crippen molar-refractivity contribution in [3.05, 3.63) is 24.3 Å². The van der Waals surface area contributed by atoms with Gasteiger partial charge in [-0.2, -0.15) is 4.98 Å². The van der Waals surface area contributed by atoms with Crippen molar-refractivity contribution in [3.63, 3.8) is 0 Å². The molecule has 0 aliphatic carbocycles. The third-order valence-electron chi connectivity index (χ3n) is 5.11. The first-order valence-electron chi connectivity index (χ1n) is 9.38. The van der Waals surface area contributed by atoms with Crippen LogP contribution in [0, 0.1) is 5.92 Å². The molecule has 2 saturated heterocycles. The average molecular weight is 359 g/mol. The second-order valence-corrected chi connectivity index (χ2v) is 7.13. The number of rotatable bonds is 6. The zero-order chi connectivity index (χ0) is 17.8. The third-order valence-corrected chi connectivity index (χ3v) is 5.11. The summed E-state index contributed by atoms with van der Waals surface area (Å²) in [5, 5.41) is 10.3. The summed E-state index contributed by atoms with van der Waals surface area (Å²) in [6.45, 7) is 4.24. The summed E-state index contributed by atoms with van der Waals surface area (Å²) < 4.78 is 10.6. The zero-order valence-electron chi connectivity index (χ0n) is 14.8. The van der Waals surface area contributed by atoms with Crippen LogP contribution in [0.2, 0.25) is 0 Å². The van der Waals surface area contributed by atoms with E-state index in [9.17, 15) is 4.79 Å². The summed E-state index contributed by atoms with van der Waals surface area (Å²) in [7, 11) is 0. The minimum Gasteiger partial charge on any atom is -0.461 e. The molecule has 0 radical (unpaired) electrons. The molecule has 140 valence electrons. The topological polar surface area (TPSA) is 96.4 Å². The summed E-state index contributed by atoms with van der Waals surface area (Å²) in [4.78, 5) is 18.9. The van der Waals surface area contributed by atoms with Crippen molar-refractivity contribution < 1.29 is 13.7 Å². The number of hydrogen-bond donors (Lipinski definition) is 2. The van der Waals surface area contributed by atoms with Gasteiger partial charge in [-0.3, -0.25) is 9.69 Å². The predicted octanol–water partition coefficient (Wildman–Crippen LogP) is 1.41. The normalized spacial score (nSPS) is 24.0. The van der Waals surface area contributed by atoms with E-state index < -0.39 is 0 Å². The van der Waals surface area contributed by atoms with Crippen molar-refractivity contribution in [2.24, 2.45) is 5.92 Å². The molecule has 2 aromatic rings. The maximum atomic E-state index is 12.1. The van der Waals surface area contributed by atoms with Crippen LogP contribution in [0.1, 0.15) is 31.6 Å². The molecule has 8 heteroatoms. The Morgan fingerprint density at radius 2 is 2.35 bits per heavy atom. The van der Waals surface area contributed by atoms with Crippen molar-refractivity contribution >= 4 is 5.91 Å². The van der Waals surface area contributed by atoms with Crippen LogP contribution in [0.15, 0.2) is 27.3 Å². The van der Waals surface area contributed by atoms with Crippen LogP contribution in [0.5, 0.6) is 0 Å². The van der Waals surface area contributed by atoms with E-state index in [0.717, 1.165) is 51.9 Å². The largest absolute Gasteiger partial charge is 0.461 e. The van der Waals surface area contributed by atoms with E-state index in [0.29, 0.717) is 29.9 Å². The van der Waals surface area contributed by atoms with Crippen molar-refractivity contribution in [1.82, 2.24) is 25.7 Å². The molecule has 2 atom stereocenters. The molecule has 0 spiro atoms. The first-order valence-corrected chi connectivity index (χ1v) is 9.38. The number of amides is 1. The van der Waals surface area contributed by atoms with E-state index in [-0.39, 0.29) is 11.9 Å². The molecule has 2 aliphatic rings. The SMILES string of the molecule is O=C(NCC1CCCN(Cc2nc(-c3ccco3)no2)C1)C1CCCN1. The summed E-state index contributed by atoms with van der Waals surface area (Å²) in [5.74, 6) is 2.28. The second kappa shape index (κ2) is 8.01. The highest BCUT2D eigenvalue weighted by molar-refractivity contribution is 5.81. The Morgan fingerprint density at radius 3 is 3.15 bits per heavy atom. The molecule has 0 aromatic carbocycles. The van der Waals surface area contributed by atoms with Crippen LogP contribution in [-0.4, -0.2) is 53.2 Å². The van der Waals surface area contributed by atoms with Crippen LogP contribution in [0.25, 0.3) is 11.6 Å². The fraction of sp³-hybridized carbons (Fsp3) is 0.611. The third kappa shape index (κ3) is 4.13. The van der Waals surface area contributed by atoms with Gasteiger partial charge in [0.05, 0.1) is 18.8 Å². The number of nitrogens with zero attached hydrogens (tertiary/aromatic N) is 3. The quantitative estimate of drug-likeness (QED) is 0.805. The molecule has 2 fully saturated rings. The van der Waals surface area contributed by atoms with Gasteiger partial charge in [0.1, 0.15) is 0 Å². The number of nitrogens with one attached hydrogen (secondary N) is 2. The molecule has 1 amide bonds. The number of carbonyl (C=O) groups is 1.